The molecule has 0 heterocycles. The maximum absolute atomic E-state index is 12.3. The molecule has 5 heteroatoms. The second kappa shape index (κ2) is 9.06. The van der Waals surface area contributed by atoms with Gasteiger partial charge in [-0.1, -0.05) is 39.3 Å². The Bertz CT molecular complexity index is 619. The number of carbonyl (C=O) groups is 2. The van der Waals surface area contributed by atoms with Crippen LogP contribution in [0, 0.1) is 11.3 Å². The molecule has 2 rings (SSSR count). The summed E-state index contributed by atoms with van der Waals surface area (Å²) in [6, 6.07) is 7.21. The molecule has 0 aliphatic heterocycles. The molecular weight excluding hydrogens is 328 g/mol. The Morgan fingerprint density at radius 2 is 1.73 bits per heavy atom. The fourth-order valence-electron chi connectivity index (χ4n) is 3.59. The van der Waals surface area contributed by atoms with Crippen LogP contribution in [0.1, 0.15) is 59.8 Å². The molecule has 2 amide bonds. The second-order valence-corrected chi connectivity index (χ2v) is 7.75. The van der Waals surface area contributed by atoms with Crippen LogP contribution in [0.3, 0.4) is 0 Å². The van der Waals surface area contributed by atoms with E-state index < -0.39 is 11.8 Å². The number of benzene rings is 1. The van der Waals surface area contributed by atoms with Crippen molar-refractivity contribution in [2.45, 2.75) is 65.8 Å². The molecule has 26 heavy (non-hydrogen) atoms. The van der Waals surface area contributed by atoms with Gasteiger partial charge in [0.25, 0.3) is 0 Å². The topological polar surface area (TPSA) is 67.4 Å². The lowest BCUT2D eigenvalue weighted by Gasteiger charge is -2.39. The van der Waals surface area contributed by atoms with Crippen LogP contribution in [0.2, 0.25) is 0 Å². The predicted molar refractivity (Wildman–Crippen MR) is 104 cm³/mol. The Balaban J connectivity index is 1.86. The monoisotopic (exact) mass is 360 g/mol. The van der Waals surface area contributed by atoms with E-state index in [0.29, 0.717) is 29.4 Å². The largest absolute Gasteiger partial charge is 0.492 e. The van der Waals surface area contributed by atoms with Crippen LogP contribution in [0.5, 0.6) is 5.75 Å². The summed E-state index contributed by atoms with van der Waals surface area (Å²) < 4.78 is 5.48. The first-order valence-electron chi connectivity index (χ1n) is 9.71. The maximum atomic E-state index is 12.3. The zero-order chi connectivity index (χ0) is 19.2. The molecule has 0 atom stereocenters. The molecule has 1 aromatic carbocycles. The molecule has 1 fully saturated rings. The van der Waals surface area contributed by atoms with Crippen molar-refractivity contribution in [3.63, 3.8) is 0 Å². The Morgan fingerprint density at radius 3 is 2.35 bits per heavy atom. The fourth-order valence-corrected chi connectivity index (χ4v) is 3.59. The number of hydrogen-bond donors (Lipinski definition) is 2. The third-order valence-electron chi connectivity index (χ3n) is 5.72. The summed E-state index contributed by atoms with van der Waals surface area (Å²) in [5.41, 5.74) is 0.859. The smallest absolute Gasteiger partial charge is 0.313 e. The average molecular weight is 360 g/mol. The minimum absolute atomic E-state index is 0.0827. The van der Waals surface area contributed by atoms with E-state index in [2.05, 4.69) is 31.4 Å². The average Bonchev–Trinajstić information content (AvgIpc) is 2.64. The fraction of sp³-hybridized carbons (Fsp3) is 0.619. The zero-order valence-corrected chi connectivity index (χ0v) is 16.4. The van der Waals surface area contributed by atoms with Gasteiger partial charge in [-0.3, -0.25) is 9.59 Å². The first kappa shape index (κ1) is 20.3. The molecular formula is C21H32N2O3. The van der Waals surface area contributed by atoms with E-state index >= 15 is 0 Å². The molecule has 2 N–H and O–H groups in total. The van der Waals surface area contributed by atoms with E-state index in [4.69, 9.17) is 4.74 Å². The summed E-state index contributed by atoms with van der Waals surface area (Å²) in [6.45, 7) is 9.25. The Kier molecular flexibility index (Phi) is 7.06. The van der Waals surface area contributed by atoms with E-state index in [1.807, 2.05) is 13.0 Å². The lowest BCUT2D eigenvalue weighted by atomic mass is 9.69. The summed E-state index contributed by atoms with van der Waals surface area (Å²) in [4.78, 5) is 24.5. The van der Waals surface area contributed by atoms with Crippen molar-refractivity contribution in [3.8, 4) is 5.75 Å². The molecule has 0 saturated heterocycles. The van der Waals surface area contributed by atoms with Gasteiger partial charge in [0.2, 0.25) is 0 Å². The van der Waals surface area contributed by atoms with Gasteiger partial charge in [0, 0.05) is 6.04 Å². The van der Waals surface area contributed by atoms with Gasteiger partial charge in [-0.2, -0.15) is 0 Å². The highest BCUT2D eigenvalue weighted by molar-refractivity contribution is 6.39. The van der Waals surface area contributed by atoms with Crippen LogP contribution in [0.4, 0.5) is 5.69 Å². The van der Waals surface area contributed by atoms with Gasteiger partial charge in [-0.25, -0.2) is 0 Å². The molecule has 5 nitrogen and oxygen atoms in total. The molecule has 144 valence electrons. The predicted octanol–water partition coefficient (Wildman–Crippen LogP) is 4.14. The van der Waals surface area contributed by atoms with Gasteiger partial charge in [0.05, 0.1) is 12.3 Å². The van der Waals surface area contributed by atoms with E-state index in [1.54, 1.807) is 18.2 Å². The number of anilines is 1. The summed E-state index contributed by atoms with van der Waals surface area (Å²) in [6.07, 6.45) is 5.22. The van der Waals surface area contributed by atoms with Gasteiger partial charge in [0.1, 0.15) is 5.75 Å². The van der Waals surface area contributed by atoms with Crippen molar-refractivity contribution in [3.05, 3.63) is 24.3 Å². The standard InChI is InChI=1S/C21H32N2O3/c1-5-21(3,4)15-11-13-16(14-12-15)22-19(24)20(25)23-17-9-7-8-10-18(17)26-6-2/h7-10,15-16H,5-6,11-14H2,1-4H3,(H,22,24)(H,23,25). The van der Waals surface area contributed by atoms with Gasteiger partial charge in [0.15, 0.2) is 0 Å². The molecule has 0 spiro atoms. The number of nitrogens with one attached hydrogen (secondary N) is 2. The molecule has 0 unspecified atom stereocenters. The lowest BCUT2D eigenvalue weighted by Crippen LogP contribution is -2.44. The maximum Gasteiger partial charge on any atom is 0.313 e. The molecule has 0 radical (unpaired) electrons. The number of rotatable bonds is 6. The Morgan fingerprint density at radius 1 is 1.08 bits per heavy atom. The van der Waals surface area contributed by atoms with Crippen molar-refractivity contribution >= 4 is 17.5 Å². The van der Waals surface area contributed by atoms with E-state index in [0.717, 1.165) is 32.1 Å². The highest BCUT2D eigenvalue weighted by Crippen LogP contribution is 2.40. The van der Waals surface area contributed by atoms with Crippen molar-refractivity contribution in [2.24, 2.45) is 11.3 Å². The first-order valence-corrected chi connectivity index (χ1v) is 9.71. The molecule has 1 saturated carbocycles. The molecule has 0 aromatic heterocycles. The normalized spacial score (nSPS) is 20.3. The van der Waals surface area contributed by atoms with Crippen LogP contribution in [-0.4, -0.2) is 24.5 Å². The van der Waals surface area contributed by atoms with Gasteiger partial charge >= 0.3 is 11.8 Å². The summed E-state index contributed by atoms with van der Waals surface area (Å²) >= 11 is 0. The van der Waals surface area contributed by atoms with E-state index in [1.165, 1.54) is 0 Å². The van der Waals surface area contributed by atoms with Crippen LogP contribution in [0.15, 0.2) is 24.3 Å². The van der Waals surface area contributed by atoms with E-state index in [-0.39, 0.29) is 6.04 Å². The first-order chi connectivity index (χ1) is 12.4. The summed E-state index contributed by atoms with van der Waals surface area (Å²) in [7, 11) is 0. The SMILES string of the molecule is CCOc1ccccc1NC(=O)C(=O)NC1CCC(C(C)(C)CC)CC1. The minimum Gasteiger partial charge on any atom is -0.492 e. The van der Waals surface area contributed by atoms with Crippen LogP contribution in [0.25, 0.3) is 0 Å². The lowest BCUT2D eigenvalue weighted by molar-refractivity contribution is -0.136. The Hall–Kier alpha value is -2.04. The van der Waals surface area contributed by atoms with Crippen LogP contribution in [-0.2, 0) is 9.59 Å². The summed E-state index contributed by atoms with van der Waals surface area (Å²) in [5, 5.41) is 5.54. The number of amides is 2. The highest BCUT2D eigenvalue weighted by Gasteiger charge is 2.32. The van der Waals surface area contributed by atoms with Crippen molar-refractivity contribution in [2.75, 3.05) is 11.9 Å². The molecule has 1 aliphatic carbocycles. The third-order valence-corrected chi connectivity index (χ3v) is 5.72. The van der Waals surface area contributed by atoms with Gasteiger partial charge in [-0.05, 0) is 56.1 Å². The zero-order valence-electron chi connectivity index (χ0n) is 16.4. The number of hydrogen-bond acceptors (Lipinski definition) is 3. The van der Waals surface area contributed by atoms with Crippen molar-refractivity contribution < 1.29 is 14.3 Å². The van der Waals surface area contributed by atoms with E-state index in [9.17, 15) is 9.59 Å². The summed E-state index contributed by atoms with van der Waals surface area (Å²) in [5.74, 6) is 0.0358. The molecule has 1 aliphatic rings. The van der Waals surface area contributed by atoms with Crippen molar-refractivity contribution in [1.82, 2.24) is 5.32 Å². The Labute approximate surface area is 156 Å². The van der Waals surface area contributed by atoms with Gasteiger partial charge < -0.3 is 15.4 Å². The van der Waals surface area contributed by atoms with Crippen LogP contribution < -0.4 is 15.4 Å². The quantitative estimate of drug-likeness (QED) is 0.749. The van der Waals surface area contributed by atoms with Gasteiger partial charge in [-0.15, -0.1) is 0 Å². The third kappa shape index (κ3) is 5.23. The minimum atomic E-state index is -0.645. The molecule has 0 bridgehead atoms. The second-order valence-electron chi connectivity index (χ2n) is 7.75. The highest BCUT2D eigenvalue weighted by atomic mass is 16.5. The van der Waals surface area contributed by atoms with Crippen LogP contribution >= 0.6 is 0 Å². The number of carbonyl (C=O) groups excluding carboxylic acids is 2. The molecule has 1 aromatic rings. The van der Waals surface area contributed by atoms with Crippen molar-refractivity contribution in [1.29, 1.82) is 0 Å². The number of ether oxygens (including phenoxy) is 1. The number of para-hydroxylation sites is 2.